The topological polar surface area (TPSA) is 84.3 Å². The van der Waals surface area contributed by atoms with Gasteiger partial charge in [-0.25, -0.2) is 9.88 Å². The van der Waals surface area contributed by atoms with Crippen molar-refractivity contribution >= 4 is 28.4 Å². The van der Waals surface area contributed by atoms with Crippen molar-refractivity contribution in [2.24, 2.45) is 17.8 Å². The van der Waals surface area contributed by atoms with Gasteiger partial charge in [0.25, 0.3) is 5.56 Å². The first-order valence-electron chi connectivity index (χ1n) is 12.8. The van der Waals surface area contributed by atoms with E-state index in [1.54, 1.807) is 22.8 Å². The van der Waals surface area contributed by atoms with Crippen molar-refractivity contribution in [3.8, 4) is 5.69 Å². The monoisotopic (exact) mass is 490 g/mol. The van der Waals surface area contributed by atoms with E-state index in [1.807, 2.05) is 60.7 Å². The minimum Gasteiger partial charge on any atom is -0.297 e. The maximum absolute atomic E-state index is 14.3. The molecule has 0 aliphatic carbocycles. The highest BCUT2D eigenvalue weighted by atomic mass is 16.2. The number of para-hydroxylation sites is 3. The van der Waals surface area contributed by atoms with E-state index in [-0.39, 0.29) is 23.4 Å². The molecule has 0 bridgehead atoms. The number of nitrogens with zero attached hydrogens (tertiary/aromatic N) is 3. The highest BCUT2D eigenvalue weighted by molar-refractivity contribution is 6.23. The molecular formula is C30H26N4O3. The second kappa shape index (κ2) is 7.70. The molecule has 4 atom stereocenters. The summed E-state index contributed by atoms with van der Waals surface area (Å²) in [5, 5.41) is 4.27. The number of rotatable bonds is 3. The highest BCUT2D eigenvalue weighted by Crippen LogP contribution is 2.56. The molecule has 0 radical (unpaired) electrons. The standard InChI is InChI=1S/C30H26N4O3/c1-17(2)16-22-24-25(28(37)33(27(24)36)18-10-4-3-5-11-18)30(32-22)20-13-7-9-15-23(20)34-26(35)19-12-6-8-14-21(19)31-29(30)34/h3-15,17,22,24-25,32H,16H2,1-2H3. The molecule has 184 valence electrons. The number of imide groups is 1. The van der Waals surface area contributed by atoms with Crippen LogP contribution in [0.1, 0.15) is 31.7 Å². The third kappa shape index (κ3) is 2.80. The number of amides is 2. The summed E-state index contributed by atoms with van der Waals surface area (Å²) < 4.78 is 1.64. The smallest absolute Gasteiger partial charge is 0.266 e. The minimum absolute atomic E-state index is 0.174. The van der Waals surface area contributed by atoms with Gasteiger partial charge in [-0.05, 0) is 42.7 Å². The predicted molar refractivity (Wildman–Crippen MR) is 140 cm³/mol. The van der Waals surface area contributed by atoms with Crippen molar-refractivity contribution in [2.45, 2.75) is 31.8 Å². The quantitative estimate of drug-likeness (QED) is 0.442. The van der Waals surface area contributed by atoms with Crippen molar-refractivity contribution in [3.05, 3.63) is 101 Å². The van der Waals surface area contributed by atoms with Crippen molar-refractivity contribution in [2.75, 3.05) is 4.90 Å². The van der Waals surface area contributed by atoms with E-state index in [1.165, 1.54) is 4.90 Å². The molecular weight excluding hydrogens is 464 g/mol. The zero-order chi connectivity index (χ0) is 25.5. The summed E-state index contributed by atoms with van der Waals surface area (Å²) in [4.78, 5) is 48.5. The van der Waals surface area contributed by atoms with Crippen LogP contribution in [-0.4, -0.2) is 27.4 Å². The first-order valence-corrected chi connectivity index (χ1v) is 12.8. The fourth-order valence-electron chi connectivity index (χ4n) is 6.76. The third-order valence-corrected chi connectivity index (χ3v) is 8.10. The second-order valence-corrected chi connectivity index (χ2v) is 10.6. The SMILES string of the molecule is CC(C)CC1NC2(c3ccccc3-n3c2nc2ccccc2c3=O)C2C(=O)N(c3ccccc3)C(=O)C12. The van der Waals surface area contributed by atoms with Crippen molar-refractivity contribution in [1.29, 1.82) is 0 Å². The number of anilines is 1. The molecule has 3 aliphatic heterocycles. The third-order valence-electron chi connectivity index (χ3n) is 8.10. The Morgan fingerprint density at radius 2 is 1.59 bits per heavy atom. The normalized spacial score (nSPS) is 25.8. The summed E-state index contributed by atoms with van der Waals surface area (Å²) in [6, 6.07) is 23.8. The Hall–Kier alpha value is -4.10. The lowest BCUT2D eigenvalue weighted by Crippen LogP contribution is -2.50. The van der Waals surface area contributed by atoms with E-state index in [0.717, 1.165) is 5.56 Å². The first-order chi connectivity index (χ1) is 17.9. The number of carbonyl (C=O) groups excluding carboxylic acids is 2. The maximum Gasteiger partial charge on any atom is 0.266 e. The molecule has 1 N–H and O–H groups in total. The van der Waals surface area contributed by atoms with E-state index in [4.69, 9.17) is 4.98 Å². The summed E-state index contributed by atoms with van der Waals surface area (Å²) in [6.07, 6.45) is 0.713. The molecule has 2 amide bonds. The van der Waals surface area contributed by atoms with Crippen LogP contribution in [0.2, 0.25) is 0 Å². The Kier molecular flexibility index (Phi) is 4.60. The van der Waals surface area contributed by atoms with E-state index >= 15 is 0 Å². The Morgan fingerprint density at radius 3 is 2.38 bits per heavy atom. The van der Waals surface area contributed by atoms with Gasteiger partial charge in [0.05, 0.1) is 34.1 Å². The molecule has 4 aromatic rings. The predicted octanol–water partition coefficient (Wildman–Crippen LogP) is 3.77. The number of nitrogens with one attached hydrogen (secondary N) is 1. The number of benzene rings is 3. The molecule has 7 rings (SSSR count). The Balaban J connectivity index is 1.53. The fraction of sp³-hybridized carbons (Fsp3) is 0.267. The van der Waals surface area contributed by atoms with Gasteiger partial charge in [-0.15, -0.1) is 0 Å². The molecule has 4 unspecified atom stereocenters. The van der Waals surface area contributed by atoms with Crippen LogP contribution < -0.4 is 15.8 Å². The van der Waals surface area contributed by atoms with Crippen molar-refractivity contribution in [3.63, 3.8) is 0 Å². The van der Waals surface area contributed by atoms with Gasteiger partial charge < -0.3 is 0 Å². The zero-order valence-corrected chi connectivity index (χ0v) is 20.6. The van der Waals surface area contributed by atoms with Gasteiger partial charge in [-0.3, -0.25) is 24.3 Å². The number of hydrogen-bond acceptors (Lipinski definition) is 5. The van der Waals surface area contributed by atoms with Crippen LogP contribution in [0.3, 0.4) is 0 Å². The average Bonchev–Trinajstić information content (AvgIpc) is 3.47. The largest absolute Gasteiger partial charge is 0.297 e. The molecule has 3 aliphatic rings. The molecule has 37 heavy (non-hydrogen) atoms. The van der Waals surface area contributed by atoms with Crippen molar-refractivity contribution in [1.82, 2.24) is 14.9 Å². The number of carbonyl (C=O) groups is 2. The lowest BCUT2D eigenvalue weighted by molar-refractivity contribution is -0.123. The molecule has 3 aromatic carbocycles. The first kappa shape index (κ1) is 22.1. The molecule has 0 saturated carbocycles. The summed E-state index contributed by atoms with van der Waals surface area (Å²) in [5.41, 5.74) is 1.39. The van der Waals surface area contributed by atoms with Gasteiger partial charge in [0.1, 0.15) is 11.4 Å². The van der Waals surface area contributed by atoms with Gasteiger partial charge in [0.2, 0.25) is 11.8 Å². The molecule has 1 spiro atoms. The summed E-state index contributed by atoms with van der Waals surface area (Å²) >= 11 is 0. The number of hydrogen-bond donors (Lipinski definition) is 1. The lowest BCUT2D eigenvalue weighted by atomic mass is 9.75. The van der Waals surface area contributed by atoms with Gasteiger partial charge in [0.15, 0.2) is 0 Å². The van der Waals surface area contributed by atoms with Crippen LogP contribution in [0.5, 0.6) is 0 Å². The number of aromatic nitrogens is 2. The van der Waals surface area contributed by atoms with Crippen LogP contribution in [0.15, 0.2) is 83.7 Å². The molecule has 2 fully saturated rings. The summed E-state index contributed by atoms with van der Waals surface area (Å²) in [5.74, 6) is -0.981. The van der Waals surface area contributed by atoms with E-state index < -0.39 is 17.4 Å². The fourth-order valence-corrected chi connectivity index (χ4v) is 6.76. The lowest BCUT2D eigenvalue weighted by Gasteiger charge is -2.32. The Labute approximate surface area is 213 Å². The van der Waals surface area contributed by atoms with E-state index in [2.05, 4.69) is 19.2 Å². The Morgan fingerprint density at radius 1 is 0.892 bits per heavy atom. The van der Waals surface area contributed by atoms with Gasteiger partial charge in [-0.2, -0.15) is 0 Å². The van der Waals surface area contributed by atoms with Crippen LogP contribution >= 0.6 is 0 Å². The molecule has 1 aromatic heterocycles. The maximum atomic E-state index is 14.3. The minimum atomic E-state index is -1.10. The average molecular weight is 491 g/mol. The van der Waals surface area contributed by atoms with Gasteiger partial charge in [-0.1, -0.05) is 62.4 Å². The van der Waals surface area contributed by atoms with E-state index in [0.29, 0.717) is 40.4 Å². The molecule has 7 nitrogen and oxygen atoms in total. The van der Waals surface area contributed by atoms with Crippen LogP contribution in [-0.2, 0) is 15.1 Å². The van der Waals surface area contributed by atoms with Crippen LogP contribution in [0.4, 0.5) is 5.69 Å². The molecule has 4 heterocycles. The van der Waals surface area contributed by atoms with Crippen LogP contribution in [0.25, 0.3) is 16.6 Å². The van der Waals surface area contributed by atoms with E-state index in [9.17, 15) is 14.4 Å². The highest BCUT2D eigenvalue weighted by Gasteiger charge is 2.69. The zero-order valence-electron chi connectivity index (χ0n) is 20.6. The van der Waals surface area contributed by atoms with Gasteiger partial charge in [0, 0.05) is 11.6 Å². The molecule has 2 saturated heterocycles. The Bertz CT molecular complexity index is 1660. The van der Waals surface area contributed by atoms with Crippen molar-refractivity contribution < 1.29 is 9.59 Å². The number of fused-ring (bicyclic) bond motifs is 8. The summed E-state index contributed by atoms with van der Waals surface area (Å²) in [6.45, 7) is 4.23. The van der Waals surface area contributed by atoms with Gasteiger partial charge >= 0.3 is 0 Å². The summed E-state index contributed by atoms with van der Waals surface area (Å²) in [7, 11) is 0. The molecule has 7 heteroatoms. The van der Waals surface area contributed by atoms with Crippen LogP contribution in [0, 0.1) is 17.8 Å². The second-order valence-electron chi connectivity index (χ2n) is 10.6.